The molecule has 0 aliphatic heterocycles. The molecule has 282 valence electrons. The van der Waals surface area contributed by atoms with Crippen LogP contribution in [-0.2, 0) is 34.4 Å². The number of nitrogens with two attached hydrogens (primary N) is 1. The molecule has 22 heteroatoms. The number of carbonyl (C=O) groups excluding carboxylic acids is 4. The molecule has 0 bridgehead atoms. The average molecular weight is 788 g/mol. The SMILES string of the molecule is NCCCCCCNC(=O)CNC(=O)OC[C@@H](NC(=O)C(Cl)Cl)[C@H](OP(=O)(O)Cc1ccc(NC(=O)C(F)(F)F)cc1)c1ccc([N+](=O)[O-])cc1. The molecule has 0 fully saturated rings. The summed E-state index contributed by atoms with van der Waals surface area (Å²) in [7, 11) is -4.78. The van der Waals surface area contributed by atoms with Crippen molar-refractivity contribution in [2.45, 2.75) is 55.0 Å². The van der Waals surface area contributed by atoms with Gasteiger partial charge in [-0.3, -0.25) is 33.6 Å². The van der Waals surface area contributed by atoms with E-state index in [0.717, 1.165) is 67.8 Å². The summed E-state index contributed by atoms with van der Waals surface area (Å²) in [6.07, 6.45) is -5.39. The molecule has 3 atom stereocenters. The first kappa shape index (κ1) is 43.2. The zero-order chi connectivity index (χ0) is 38.2. The molecule has 7 N–H and O–H groups in total. The topological polar surface area (TPSA) is 241 Å². The minimum Gasteiger partial charge on any atom is -0.447 e. The summed E-state index contributed by atoms with van der Waals surface area (Å²) in [5.74, 6) is -3.80. The van der Waals surface area contributed by atoms with Crippen LogP contribution in [0.3, 0.4) is 0 Å². The van der Waals surface area contributed by atoms with Gasteiger partial charge in [-0.15, -0.1) is 0 Å². The molecule has 2 aromatic rings. The molecule has 2 rings (SSSR count). The standard InChI is InChI=1S/C29H36Cl2F3N6O10P/c30-25(31)26(42)39-22(16-49-28(44)37-15-23(41)36-14-4-2-1-3-13-35)24(19-7-11-21(12-8-19)40(45)46)50-51(47,48)17-18-5-9-20(10-6-18)38-27(43)29(32,33)34/h5-12,22,24-25H,1-4,13-17,35H2,(H,36,41)(H,37,44)(H,38,43)(H,39,42)(H,47,48)/t22-,24-/m1/s1. The van der Waals surface area contributed by atoms with Crippen LogP contribution in [0.4, 0.5) is 29.3 Å². The van der Waals surface area contributed by atoms with Crippen molar-refractivity contribution >= 4 is 66.0 Å². The number of nitro groups is 1. The highest BCUT2D eigenvalue weighted by atomic mass is 35.5. The number of ether oxygens (including phenoxy) is 1. The largest absolute Gasteiger partial charge is 0.471 e. The molecule has 51 heavy (non-hydrogen) atoms. The lowest BCUT2D eigenvalue weighted by atomic mass is 10.0. The molecule has 0 saturated carbocycles. The Kier molecular flexibility index (Phi) is 17.6. The minimum absolute atomic E-state index is 0.0130. The third kappa shape index (κ3) is 16.3. The van der Waals surface area contributed by atoms with Crippen molar-refractivity contribution in [3.63, 3.8) is 0 Å². The zero-order valence-electron chi connectivity index (χ0n) is 26.7. The van der Waals surface area contributed by atoms with Crippen LogP contribution in [0.25, 0.3) is 0 Å². The van der Waals surface area contributed by atoms with Crippen LogP contribution in [0.15, 0.2) is 48.5 Å². The Morgan fingerprint density at radius 2 is 1.61 bits per heavy atom. The van der Waals surface area contributed by atoms with Gasteiger partial charge in [-0.05, 0) is 54.8 Å². The highest BCUT2D eigenvalue weighted by Gasteiger charge is 2.39. The zero-order valence-corrected chi connectivity index (χ0v) is 29.1. The lowest BCUT2D eigenvalue weighted by Crippen LogP contribution is -2.46. The maximum absolute atomic E-state index is 13.4. The first-order chi connectivity index (χ1) is 23.9. The number of nitro benzene ring substituents is 1. The van der Waals surface area contributed by atoms with E-state index < -0.39 is 78.8 Å². The third-order valence-corrected chi connectivity index (χ3v) is 8.41. The monoisotopic (exact) mass is 786 g/mol. The quantitative estimate of drug-likeness (QED) is 0.0366. The second-order valence-corrected chi connectivity index (χ2v) is 13.6. The highest BCUT2D eigenvalue weighted by Crippen LogP contribution is 2.51. The van der Waals surface area contributed by atoms with E-state index in [1.54, 1.807) is 5.32 Å². The molecule has 0 heterocycles. The molecular weight excluding hydrogens is 751 g/mol. The first-order valence-corrected chi connectivity index (χ1v) is 17.7. The van der Waals surface area contributed by atoms with E-state index in [1.807, 2.05) is 0 Å². The van der Waals surface area contributed by atoms with Crippen LogP contribution < -0.4 is 27.0 Å². The second-order valence-electron chi connectivity index (χ2n) is 10.7. The fourth-order valence-corrected chi connectivity index (χ4v) is 5.72. The molecule has 16 nitrogen and oxygen atoms in total. The van der Waals surface area contributed by atoms with Crippen LogP contribution in [0.1, 0.15) is 42.9 Å². The molecule has 0 saturated heterocycles. The van der Waals surface area contributed by atoms with Crippen LogP contribution in [-0.4, -0.2) is 76.9 Å². The maximum atomic E-state index is 13.4. The Bertz CT molecular complexity index is 1540. The van der Waals surface area contributed by atoms with Gasteiger partial charge in [-0.2, -0.15) is 13.2 Å². The molecule has 0 aromatic heterocycles. The molecule has 1 unspecified atom stereocenters. The van der Waals surface area contributed by atoms with Gasteiger partial charge >= 0.3 is 25.8 Å². The maximum Gasteiger partial charge on any atom is 0.471 e. The van der Waals surface area contributed by atoms with Gasteiger partial charge in [0.25, 0.3) is 11.6 Å². The number of amides is 4. The molecule has 0 spiro atoms. The van der Waals surface area contributed by atoms with E-state index in [1.165, 1.54) is 0 Å². The van der Waals surface area contributed by atoms with E-state index >= 15 is 0 Å². The average Bonchev–Trinajstić information content (AvgIpc) is 3.06. The van der Waals surface area contributed by atoms with Crippen LogP contribution in [0, 0.1) is 10.1 Å². The van der Waals surface area contributed by atoms with Crippen molar-refractivity contribution in [1.82, 2.24) is 16.0 Å². The Morgan fingerprint density at radius 3 is 2.18 bits per heavy atom. The molecular formula is C29H36Cl2F3N6O10P. The summed E-state index contributed by atoms with van der Waals surface area (Å²) >= 11 is 11.4. The number of hydrogen-bond acceptors (Lipinski definition) is 10. The van der Waals surface area contributed by atoms with Gasteiger partial charge in [-0.25, -0.2) is 4.79 Å². The van der Waals surface area contributed by atoms with Crippen molar-refractivity contribution in [1.29, 1.82) is 0 Å². The van der Waals surface area contributed by atoms with Crippen molar-refractivity contribution in [2.75, 3.05) is 31.6 Å². The number of unbranched alkanes of at least 4 members (excludes halogenated alkanes) is 3. The lowest BCUT2D eigenvalue weighted by molar-refractivity contribution is -0.384. The summed E-state index contributed by atoms with van der Waals surface area (Å²) in [5, 5.41) is 20.0. The van der Waals surface area contributed by atoms with Crippen molar-refractivity contribution in [3.05, 3.63) is 69.8 Å². The lowest BCUT2D eigenvalue weighted by Gasteiger charge is -2.30. The normalized spacial score (nSPS) is 13.7. The van der Waals surface area contributed by atoms with Gasteiger partial charge in [0, 0.05) is 24.4 Å². The molecule has 2 aromatic carbocycles. The molecule has 0 radical (unpaired) electrons. The number of benzene rings is 2. The van der Waals surface area contributed by atoms with Crippen molar-refractivity contribution < 1.29 is 56.0 Å². The molecule has 0 aliphatic carbocycles. The fraction of sp³-hybridized carbons (Fsp3) is 0.448. The summed E-state index contributed by atoms with van der Waals surface area (Å²) in [4.78, 5) is 68.0. The van der Waals surface area contributed by atoms with Gasteiger partial charge in [0.2, 0.25) is 5.91 Å². The Hall–Kier alpha value is -4.00. The fourth-order valence-electron chi connectivity index (χ4n) is 4.23. The van der Waals surface area contributed by atoms with Gasteiger partial charge in [0.1, 0.15) is 12.7 Å². The number of nitrogens with zero attached hydrogens (tertiary/aromatic N) is 1. The van der Waals surface area contributed by atoms with Gasteiger partial charge in [0.15, 0.2) is 4.84 Å². The number of hydrogen-bond donors (Lipinski definition) is 6. The second kappa shape index (κ2) is 20.8. The van der Waals surface area contributed by atoms with E-state index in [-0.39, 0.29) is 22.5 Å². The van der Waals surface area contributed by atoms with E-state index in [2.05, 4.69) is 16.0 Å². The number of anilines is 1. The number of alkyl halides is 5. The third-order valence-electron chi connectivity index (χ3n) is 6.69. The van der Waals surface area contributed by atoms with Crippen LogP contribution in [0.2, 0.25) is 0 Å². The predicted octanol–water partition coefficient (Wildman–Crippen LogP) is 4.19. The summed E-state index contributed by atoms with van der Waals surface area (Å²) in [6.45, 7) is -0.314. The molecule has 0 aliphatic rings. The molecule has 4 amide bonds. The van der Waals surface area contributed by atoms with Crippen LogP contribution in [0.5, 0.6) is 0 Å². The Balaban J connectivity index is 2.24. The van der Waals surface area contributed by atoms with E-state index in [4.69, 9.17) is 38.2 Å². The Labute approximate surface area is 299 Å². The number of halogens is 5. The number of carbonyl (C=O) groups is 4. The van der Waals surface area contributed by atoms with E-state index in [0.29, 0.717) is 19.5 Å². The van der Waals surface area contributed by atoms with Crippen molar-refractivity contribution in [3.8, 4) is 0 Å². The van der Waals surface area contributed by atoms with Crippen molar-refractivity contribution in [2.24, 2.45) is 5.73 Å². The van der Waals surface area contributed by atoms with Gasteiger partial charge < -0.3 is 36.6 Å². The predicted molar refractivity (Wildman–Crippen MR) is 179 cm³/mol. The Morgan fingerprint density at radius 1 is 0.980 bits per heavy atom. The van der Waals surface area contributed by atoms with E-state index in [9.17, 15) is 51.9 Å². The summed E-state index contributed by atoms with van der Waals surface area (Å²) in [6, 6.07) is 7.26. The number of rotatable bonds is 20. The number of nitrogens with one attached hydrogen (secondary N) is 4. The van der Waals surface area contributed by atoms with Gasteiger partial charge in [0.05, 0.1) is 23.7 Å². The first-order valence-electron chi connectivity index (χ1n) is 15.1. The summed E-state index contributed by atoms with van der Waals surface area (Å²) in [5.41, 5.74) is 4.87. The highest BCUT2D eigenvalue weighted by molar-refractivity contribution is 7.52. The number of alkyl carbamates (subject to hydrolysis) is 1. The number of non-ortho nitro benzene ring substituents is 1. The smallest absolute Gasteiger partial charge is 0.447 e. The summed E-state index contributed by atoms with van der Waals surface area (Å²) < 4.78 is 61.8. The van der Waals surface area contributed by atoms with Gasteiger partial charge in [-0.1, -0.05) is 48.2 Å². The minimum atomic E-state index is -5.15. The van der Waals surface area contributed by atoms with Crippen LogP contribution >= 0.6 is 30.8 Å².